The van der Waals surface area contributed by atoms with E-state index in [9.17, 15) is 4.39 Å². The summed E-state index contributed by atoms with van der Waals surface area (Å²) >= 11 is 0. The molecule has 3 nitrogen and oxygen atoms in total. The molecule has 2 rings (SSSR count). The highest BCUT2D eigenvalue weighted by Gasteiger charge is 2.15. The summed E-state index contributed by atoms with van der Waals surface area (Å²) in [7, 11) is 0. The molecular weight excluding hydrogens is 217 g/mol. The molecule has 0 radical (unpaired) electrons. The van der Waals surface area contributed by atoms with Crippen LogP contribution in [-0.4, -0.2) is 30.6 Å². The first-order chi connectivity index (χ1) is 8.19. The van der Waals surface area contributed by atoms with Crippen LogP contribution in [0.1, 0.15) is 18.1 Å². The summed E-state index contributed by atoms with van der Waals surface area (Å²) in [6, 6.07) is 7.13. The first-order valence-electron chi connectivity index (χ1n) is 5.83. The first-order valence-corrected chi connectivity index (χ1v) is 5.83. The van der Waals surface area contributed by atoms with Crippen LogP contribution < -0.4 is 5.32 Å². The third-order valence-electron chi connectivity index (χ3n) is 3.01. The van der Waals surface area contributed by atoms with Gasteiger partial charge in [-0.3, -0.25) is 4.90 Å². The van der Waals surface area contributed by atoms with Crippen molar-refractivity contribution >= 4 is 0 Å². The Morgan fingerprint density at radius 2 is 2.41 bits per heavy atom. The maximum atomic E-state index is 13.2. The molecule has 0 aliphatic carbocycles. The third kappa shape index (κ3) is 3.02. The number of piperazine rings is 1. The topological polar surface area (TPSA) is 39.1 Å². The van der Waals surface area contributed by atoms with E-state index in [2.05, 4.69) is 17.1 Å². The zero-order valence-corrected chi connectivity index (χ0v) is 9.91. The Morgan fingerprint density at radius 3 is 3.12 bits per heavy atom. The summed E-state index contributed by atoms with van der Waals surface area (Å²) in [6.07, 6.45) is 0. The molecule has 1 aromatic carbocycles. The number of benzene rings is 1. The molecule has 0 saturated carbocycles. The summed E-state index contributed by atoms with van der Waals surface area (Å²) in [5.41, 5.74) is 1.13. The molecule has 0 spiro atoms. The fraction of sp³-hybridized carbons (Fsp3) is 0.462. The van der Waals surface area contributed by atoms with Crippen molar-refractivity contribution in [3.05, 3.63) is 35.1 Å². The monoisotopic (exact) mass is 233 g/mol. The van der Waals surface area contributed by atoms with E-state index in [1.165, 1.54) is 6.07 Å². The molecule has 4 heteroatoms. The van der Waals surface area contributed by atoms with Gasteiger partial charge in [0.1, 0.15) is 11.9 Å². The lowest BCUT2D eigenvalue weighted by atomic mass is 10.1. The molecule has 90 valence electrons. The van der Waals surface area contributed by atoms with Crippen molar-refractivity contribution in [2.24, 2.45) is 0 Å². The zero-order chi connectivity index (χ0) is 12.3. The molecule has 0 amide bonds. The van der Waals surface area contributed by atoms with Gasteiger partial charge in [-0.25, -0.2) is 4.39 Å². The van der Waals surface area contributed by atoms with Gasteiger partial charge < -0.3 is 5.32 Å². The number of rotatable bonds is 2. The fourth-order valence-corrected chi connectivity index (χ4v) is 2.17. The van der Waals surface area contributed by atoms with Crippen LogP contribution in [0.5, 0.6) is 0 Å². The van der Waals surface area contributed by atoms with Crippen molar-refractivity contribution < 1.29 is 4.39 Å². The maximum Gasteiger partial charge on any atom is 0.140 e. The van der Waals surface area contributed by atoms with E-state index in [1.54, 1.807) is 12.1 Å². The molecule has 1 saturated heterocycles. The summed E-state index contributed by atoms with van der Waals surface area (Å²) < 4.78 is 13.2. The zero-order valence-electron chi connectivity index (χ0n) is 9.91. The Morgan fingerprint density at radius 1 is 1.59 bits per heavy atom. The van der Waals surface area contributed by atoms with E-state index in [4.69, 9.17) is 5.26 Å². The predicted molar refractivity (Wildman–Crippen MR) is 63.9 cm³/mol. The van der Waals surface area contributed by atoms with Crippen molar-refractivity contribution in [3.8, 4) is 6.07 Å². The van der Waals surface area contributed by atoms with Gasteiger partial charge in [-0.2, -0.15) is 5.26 Å². The second-order valence-electron chi connectivity index (χ2n) is 4.52. The van der Waals surface area contributed by atoms with Crippen LogP contribution >= 0.6 is 0 Å². The van der Waals surface area contributed by atoms with Crippen LogP contribution in [0, 0.1) is 17.1 Å². The van der Waals surface area contributed by atoms with E-state index in [0.29, 0.717) is 6.04 Å². The Kier molecular flexibility index (Phi) is 3.72. The number of nitriles is 1. The van der Waals surface area contributed by atoms with Gasteiger partial charge in [0.15, 0.2) is 0 Å². The molecule has 1 fully saturated rings. The number of nitrogens with zero attached hydrogens (tertiary/aromatic N) is 2. The van der Waals surface area contributed by atoms with Gasteiger partial charge in [0.2, 0.25) is 0 Å². The van der Waals surface area contributed by atoms with Crippen molar-refractivity contribution in [1.29, 1.82) is 5.26 Å². The second-order valence-corrected chi connectivity index (χ2v) is 4.52. The van der Waals surface area contributed by atoms with Gasteiger partial charge in [0, 0.05) is 32.2 Å². The van der Waals surface area contributed by atoms with Gasteiger partial charge in [-0.1, -0.05) is 6.07 Å². The summed E-state index contributed by atoms with van der Waals surface area (Å²) in [4.78, 5) is 2.32. The molecule has 0 aromatic heterocycles. The van der Waals surface area contributed by atoms with Crippen molar-refractivity contribution in [2.45, 2.75) is 19.5 Å². The minimum atomic E-state index is -0.440. The van der Waals surface area contributed by atoms with E-state index in [0.717, 1.165) is 31.7 Å². The Labute approximate surface area is 101 Å². The molecular formula is C13H16FN3. The highest BCUT2D eigenvalue weighted by atomic mass is 19.1. The molecule has 1 atom stereocenters. The standard InChI is InChI=1S/C13H16FN3/c1-10-8-17(5-4-16-10)9-11-2-3-13(14)12(6-11)7-15/h2-3,6,10,16H,4-5,8-9H2,1H3. The quantitative estimate of drug-likeness (QED) is 0.841. The average molecular weight is 233 g/mol. The van der Waals surface area contributed by atoms with Crippen molar-refractivity contribution in [2.75, 3.05) is 19.6 Å². The average Bonchev–Trinajstić information content (AvgIpc) is 2.32. The van der Waals surface area contributed by atoms with Gasteiger partial charge in [0.25, 0.3) is 0 Å². The van der Waals surface area contributed by atoms with E-state index in [1.807, 2.05) is 6.07 Å². The first kappa shape index (κ1) is 12.0. The molecule has 1 unspecified atom stereocenters. The number of halogens is 1. The highest BCUT2D eigenvalue weighted by molar-refractivity contribution is 5.34. The van der Waals surface area contributed by atoms with Crippen molar-refractivity contribution in [1.82, 2.24) is 10.2 Å². The summed E-state index contributed by atoms with van der Waals surface area (Å²) in [5.74, 6) is -0.440. The van der Waals surface area contributed by atoms with Crippen LogP contribution in [0.25, 0.3) is 0 Å². The van der Waals surface area contributed by atoms with Crippen LogP contribution in [0.15, 0.2) is 18.2 Å². The lowest BCUT2D eigenvalue weighted by Gasteiger charge is -2.31. The van der Waals surface area contributed by atoms with Crippen LogP contribution in [0.4, 0.5) is 4.39 Å². The lowest BCUT2D eigenvalue weighted by Crippen LogP contribution is -2.48. The van der Waals surface area contributed by atoms with E-state index < -0.39 is 5.82 Å². The minimum Gasteiger partial charge on any atom is -0.312 e. The molecule has 1 N–H and O–H groups in total. The van der Waals surface area contributed by atoms with Crippen LogP contribution in [0.2, 0.25) is 0 Å². The lowest BCUT2D eigenvalue weighted by molar-refractivity contribution is 0.199. The Bertz CT molecular complexity index is 439. The second kappa shape index (κ2) is 5.26. The maximum absolute atomic E-state index is 13.2. The van der Waals surface area contributed by atoms with Crippen LogP contribution in [0.3, 0.4) is 0 Å². The Hall–Kier alpha value is -1.44. The number of nitrogens with one attached hydrogen (secondary N) is 1. The molecule has 1 aliphatic rings. The Balaban J connectivity index is 2.06. The van der Waals surface area contributed by atoms with Crippen LogP contribution in [-0.2, 0) is 6.54 Å². The molecule has 1 aromatic rings. The third-order valence-corrected chi connectivity index (χ3v) is 3.01. The number of hydrogen-bond donors (Lipinski definition) is 1. The van der Waals surface area contributed by atoms with Gasteiger partial charge in [-0.05, 0) is 24.6 Å². The van der Waals surface area contributed by atoms with Crippen molar-refractivity contribution in [3.63, 3.8) is 0 Å². The molecule has 0 bridgehead atoms. The minimum absolute atomic E-state index is 0.130. The largest absolute Gasteiger partial charge is 0.312 e. The van der Waals surface area contributed by atoms with Gasteiger partial charge in [-0.15, -0.1) is 0 Å². The van der Waals surface area contributed by atoms with Gasteiger partial charge >= 0.3 is 0 Å². The fourth-order valence-electron chi connectivity index (χ4n) is 2.17. The number of hydrogen-bond acceptors (Lipinski definition) is 3. The molecule has 1 heterocycles. The van der Waals surface area contributed by atoms with Gasteiger partial charge in [0.05, 0.1) is 5.56 Å². The van der Waals surface area contributed by atoms with E-state index >= 15 is 0 Å². The smallest absolute Gasteiger partial charge is 0.140 e. The summed E-state index contributed by atoms with van der Waals surface area (Å²) in [5, 5.41) is 12.2. The molecule has 1 aliphatic heterocycles. The normalized spacial score (nSPS) is 21.1. The SMILES string of the molecule is CC1CN(Cc2ccc(F)c(C#N)c2)CCN1. The molecule has 17 heavy (non-hydrogen) atoms. The highest BCUT2D eigenvalue weighted by Crippen LogP contribution is 2.12. The summed E-state index contributed by atoms with van der Waals surface area (Å²) in [6.45, 7) is 5.88. The predicted octanol–water partition coefficient (Wildman–Crippen LogP) is 1.49. The van der Waals surface area contributed by atoms with E-state index in [-0.39, 0.29) is 5.56 Å².